The number of hydrogen-bond donors (Lipinski definition) is 2. The molecular weight excluding hydrogens is 206 g/mol. The Morgan fingerprint density at radius 1 is 1.44 bits per heavy atom. The van der Waals surface area contributed by atoms with Crippen molar-refractivity contribution in [3.8, 4) is 5.75 Å². The highest BCUT2D eigenvalue weighted by atomic mass is 16.3. The van der Waals surface area contributed by atoms with Crippen LogP contribution < -0.4 is 0 Å². The van der Waals surface area contributed by atoms with E-state index in [1.165, 1.54) is 11.0 Å². The van der Waals surface area contributed by atoms with E-state index in [2.05, 4.69) is 9.97 Å². The predicted molar refractivity (Wildman–Crippen MR) is 60.5 cm³/mol. The second-order valence-electron chi connectivity index (χ2n) is 3.91. The summed E-state index contributed by atoms with van der Waals surface area (Å²) < 4.78 is 0. The van der Waals surface area contributed by atoms with E-state index in [1.54, 1.807) is 27.1 Å². The summed E-state index contributed by atoms with van der Waals surface area (Å²) in [4.78, 5) is 20.3. The highest BCUT2D eigenvalue weighted by molar-refractivity contribution is 5.98. The molecule has 0 bridgehead atoms. The predicted octanol–water partition coefficient (Wildman–Crippen LogP) is 1.28. The minimum Gasteiger partial charge on any atom is -0.506 e. The van der Waals surface area contributed by atoms with Crippen molar-refractivity contribution in [1.29, 1.82) is 0 Å². The Kier molecular flexibility index (Phi) is 2.30. The number of aryl methyl sites for hydroxylation is 1. The van der Waals surface area contributed by atoms with Crippen LogP contribution in [0, 0.1) is 6.92 Å². The summed E-state index contributed by atoms with van der Waals surface area (Å²) in [5.74, 6) is 0.580. The summed E-state index contributed by atoms with van der Waals surface area (Å²) >= 11 is 0. The number of H-pyrrole nitrogens is 1. The lowest BCUT2D eigenvalue weighted by Gasteiger charge is -2.10. The van der Waals surface area contributed by atoms with Crippen molar-refractivity contribution in [2.45, 2.75) is 6.92 Å². The standard InChI is InChI=1S/C11H13N3O2/c1-6-12-8-4-7(11(16)14(2)3)5-9(15)10(8)13-6/h4-5,15H,1-3H3,(H,12,13). The van der Waals surface area contributed by atoms with Crippen molar-refractivity contribution < 1.29 is 9.90 Å². The average molecular weight is 219 g/mol. The summed E-state index contributed by atoms with van der Waals surface area (Å²) in [6.07, 6.45) is 0. The maximum absolute atomic E-state index is 11.7. The number of benzene rings is 1. The summed E-state index contributed by atoms with van der Waals surface area (Å²) in [6, 6.07) is 3.13. The van der Waals surface area contributed by atoms with Gasteiger partial charge >= 0.3 is 0 Å². The molecule has 0 atom stereocenters. The van der Waals surface area contributed by atoms with Crippen molar-refractivity contribution >= 4 is 16.9 Å². The van der Waals surface area contributed by atoms with Crippen molar-refractivity contribution in [2.24, 2.45) is 0 Å². The van der Waals surface area contributed by atoms with Gasteiger partial charge in [-0.2, -0.15) is 0 Å². The zero-order chi connectivity index (χ0) is 11.9. The fraction of sp³-hybridized carbons (Fsp3) is 0.273. The van der Waals surface area contributed by atoms with Crippen molar-refractivity contribution in [3.63, 3.8) is 0 Å². The van der Waals surface area contributed by atoms with Crippen molar-refractivity contribution in [2.75, 3.05) is 14.1 Å². The first-order valence-electron chi connectivity index (χ1n) is 4.90. The van der Waals surface area contributed by atoms with Crippen LogP contribution in [0.5, 0.6) is 5.75 Å². The van der Waals surface area contributed by atoms with Crippen LogP contribution in [0.3, 0.4) is 0 Å². The van der Waals surface area contributed by atoms with Gasteiger partial charge in [0.05, 0.1) is 5.52 Å². The lowest BCUT2D eigenvalue weighted by atomic mass is 10.1. The van der Waals surface area contributed by atoms with E-state index in [9.17, 15) is 9.90 Å². The van der Waals surface area contributed by atoms with Gasteiger partial charge in [-0.15, -0.1) is 0 Å². The summed E-state index contributed by atoms with van der Waals surface area (Å²) in [6.45, 7) is 1.80. The fourth-order valence-corrected chi connectivity index (χ4v) is 1.60. The van der Waals surface area contributed by atoms with Gasteiger partial charge in [0.25, 0.3) is 5.91 Å². The van der Waals surface area contributed by atoms with Crippen LogP contribution in [0.1, 0.15) is 16.2 Å². The minimum atomic E-state index is -0.149. The Hall–Kier alpha value is -2.04. The van der Waals surface area contributed by atoms with Gasteiger partial charge in [0.15, 0.2) is 0 Å². The van der Waals surface area contributed by atoms with E-state index in [0.717, 1.165) is 0 Å². The molecule has 0 unspecified atom stereocenters. The first-order chi connectivity index (χ1) is 7.49. The third kappa shape index (κ3) is 1.60. The highest BCUT2D eigenvalue weighted by Crippen LogP contribution is 2.24. The van der Waals surface area contributed by atoms with E-state index >= 15 is 0 Å². The number of hydrogen-bond acceptors (Lipinski definition) is 3. The normalized spacial score (nSPS) is 10.7. The number of carbonyl (C=O) groups excluding carboxylic acids is 1. The Labute approximate surface area is 92.7 Å². The number of phenols is 1. The van der Waals surface area contributed by atoms with Crippen LogP contribution in [-0.4, -0.2) is 40.0 Å². The molecule has 0 spiro atoms. The zero-order valence-corrected chi connectivity index (χ0v) is 9.40. The number of aromatic nitrogens is 2. The third-order valence-corrected chi connectivity index (χ3v) is 2.34. The zero-order valence-electron chi connectivity index (χ0n) is 9.40. The minimum absolute atomic E-state index is 0.0204. The van der Waals surface area contributed by atoms with Gasteiger partial charge < -0.3 is 15.0 Å². The second kappa shape index (κ2) is 3.52. The van der Waals surface area contributed by atoms with E-state index in [4.69, 9.17) is 0 Å². The number of nitrogens with zero attached hydrogens (tertiary/aromatic N) is 2. The lowest BCUT2D eigenvalue weighted by molar-refractivity contribution is 0.0827. The molecule has 0 aliphatic carbocycles. The summed E-state index contributed by atoms with van der Waals surface area (Å²) in [5.41, 5.74) is 1.61. The molecule has 1 aromatic carbocycles. The number of aromatic hydroxyl groups is 1. The molecule has 0 fully saturated rings. The summed E-state index contributed by atoms with van der Waals surface area (Å²) in [7, 11) is 3.34. The topological polar surface area (TPSA) is 69.2 Å². The van der Waals surface area contributed by atoms with Gasteiger partial charge in [-0.1, -0.05) is 0 Å². The van der Waals surface area contributed by atoms with Crippen molar-refractivity contribution in [3.05, 3.63) is 23.5 Å². The number of phenolic OH excluding ortho intramolecular Hbond substituents is 1. The first-order valence-corrected chi connectivity index (χ1v) is 4.90. The number of aromatic amines is 1. The quantitative estimate of drug-likeness (QED) is 0.759. The van der Waals surface area contributed by atoms with Crippen LogP contribution in [-0.2, 0) is 0 Å². The van der Waals surface area contributed by atoms with Gasteiger partial charge in [-0.3, -0.25) is 4.79 Å². The molecule has 1 heterocycles. The number of carbonyl (C=O) groups is 1. The van der Waals surface area contributed by atoms with Gasteiger partial charge in [0.2, 0.25) is 0 Å². The number of rotatable bonds is 1. The molecule has 5 nitrogen and oxygen atoms in total. The monoisotopic (exact) mass is 219 g/mol. The van der Waals surface area contributed by atoms with E-state index in [0.29, 0.717) is 22.4 Å². The Balaban J connectivity index is 2.61. The lowest BCUT2D eigenvalue weighted by Crippen LogP contribution is -2.21. The van der Waals surface area contributed by atoms with Crippen LogP contribution in [0.2, 0.25) is 0 Å². The van der Waals surface area contributed by atoms with Crippen LogP contribution in [0.25, 0.3) is 11.0 Å². The molecule has 2 N–H and O–H groups in total. The Bertz CT molecular complexity index is 558. The number of imidazole rings is 1. The molecule has 5 heteroatoms. The molecule has 2 aromatic rings. The third-order valence-electron chi connectivity index (χ3n) is 2.34. The Morgan fingerprint density at radius 3 is 2.75 bits per heavy atom. The van der Waals surface area contributed by atoms with Crippen LogP contribution in [0.15, 0.2) is 12.1 Å². The smallest absolute Gasteiger partial charge is 0.253 e. The van der Waals surface area contributed by atoms with E-state index in [-0.39, 0.29) is 11.7 Å². The molecule has 2 rings (SSSR count). The Morgan fingerprint density at radius 2 is 2.12 bits per heavy atom. The maximum atomic E-state index is 11.7. The van der Waals surface area contributed by atoms with Gasteiger partial charge in [0.1, 0.15) is 17.1 Å². The number of nitrogens with one attached hydrogen (secondary N) is 1. The highest BCUT2D eigenvalue weighted by Gasteiger charge is 2.13. The molecule has 0 saturated heterocycles. The first kappa shape index (κ1) is 10.5. The average Bonchev–Trinajstić information content (AvgIpc) is 2.57. The fourth-order valence-electron chi connectivity index (χ4n) is 1.60. The maximum Gasteiger partial charge on any atom is 0.253 e. The molecule has 0 aliphatic rings. The molecule has 1 amide bonds. The molecule has 0 radical (unpaired) electrons. The SMILES string of the molecule is Cc1nc2c(O)cc(C(=O)N(C)C)cc2[nH]1. The van der Waals surface area contributed by atoms with Crippen LogP contribution in [0.4, 0.5) is 0 Å². The molecule has 0 aliphatic heterocycles. The molecular formula is C11H13N3O2. The number of amides is 1. The van der Waals surface area contributed by atoms with E-state index in [1.807, 2.05) is 0 Å². The van der Waals surface area contributed by atoms with Gasteiger partial charge in [0, 0.05) is 19.7 Å². The molecule has 16 heavy (non-hydrogen) atoms. The molecule has 0 saturated carbocycles. The van der Waals surface area contributed by atoms with Crippen molar-refractivity contribution in [1.82, 2.24) is 14.9 Å². The molecule has 84 valence electrons. The number of fused-ring (bicyclic) bond motifs is 1. The van der Waals surface area contributed by atoms with E-state index < -0.39 is 0 Å². The molecule has 1 aromatic heterocycles. The summed E-state index contributed by atoms with van der Waals surface area (Å²) in [5, 5.41) is 9.74. The second-order valence-corrected chi connectivity index (χ2v) is 3.91. The van der Waals surface area contributed by atoms with Gasteiger partial charge in [-0.25, -0.2) is 4.98 Å². The van der Waals surface area contributed by atoms with Gasteiger partial charge in [-0.05, 0) is 19.1 Å². The largest absolute Gasteiger partial charge is 0.506 e. The van der Waals surface area contributed by atoms with Crippen LogP contribution >= 0.6 is 0 Å².